The second-order valence-electron chi connectivity index (χ2n) is 6.14. The number of H-pyrrole nitrogens is 1. The fraction of sp³-hybridized carbons (Fsp3) is 0.150. The standard InChI is InChI=1S/C20H18N4O5/c1-27-12-6-4-11(5-7-12)18-14(10-21-19-22-23-20(26)24(18)19)17-15(25)8-13(28-2)9-16(17)29-3/h4-10,25H,1-3H3,(H,23,26). The highest BCUT2D eigenvalue weighted by Gasteiger charge is 2.22. The van der Waals surface area contributed by atoms with Crippen LogP contribution in [0.4, 0.5) is 0 Å². The van der Waals surface area contributed by atoms with Crippen molar-refractivity contribution in [1.82, 2.24) is 19.6 Å². The van der Waals surface area contributed by atoms with E-state index in [0.717, 1.165) is 0 Å². The lowest BCUT2D eigenvalue weighted by molar-refractivity contribution is 0.386. The summed E-state index contributed by atoms with van der Waals surface area (Å²) in [4.78, 5) is 16.7. The molecule has 9 nitrogen and oxygen atoms in total. The first-order valence-corrected chi connectivity index (χ1v) is 8.63. The Morgan fingerprint density at radius 3 is 2.38 bits per heavy atom. The molecule has 0 atom stereocenters. The van der Waals surface area contributed by atoms with Crippen LogP contribution in [0.2, 0.25) is 0 Å². The lowest BCUT2D eigenvalue weighted by Gasteiger charge is -2.16. The van der Waals surface area contributed by atoms with E-state index in [1.807, 2.05) is 12.1 Å². The van der Waals surface area contributed by atoms with Crippen LogP contribution in [0.15, 0.2) is 47.4 Å². The van der Waals surface area contributed by atoms with Crippen molar-refractivity contribution in [3.8, 4) is 45.4 Å². The molecule has 0 saturated carbocycles. The number of methoxy groups -OCH3 is 3. The maximum Gasteiger partial charge on any atom is 0.349 e. The molecule has 9 heteroatoms. The average molecular weight is 394 g/mol. The molecule has 0 aliphatic carbocycles. The number of nitrogens with one attached hydrogen (secondary N) is 1. The molecule has 2 heterocycles. The van der Waals surface area contributed by atoms with Crippen molar-refractivity contribution in [2.75, 3.05) is 21.3 Å². The Morgan fingerprint density at radius 1 is 1.00 bits per heavy atom. The number of rotatable bonds is 5. The summed E-state index contributed by atoms with van der Waals surface area (Å²) in [6.07, 6.45) is 1.54. The van der Waals surface area contributed by atoms with Gasteiger partial charge in [-0.25, -0.2) is 19.3 Å². The van der Waals surface area contributed by atoms with E-state index in [1.54, 1.807) is 31.5 Å². The largest absolute Gasteiger partial charge is 0.507 e. The van der Waals surface area contributed by atoms with Crippen molar-refractivity contribution < 1.29 is 19.3 Å². The fourth-order valence-corrected chi connectivity index (χ4v) is 3.22. The van der Waals surface area contributed by atoms with Crippen LogP contribution in [-0.2, 0) is 0 Å². The van der Waals surface area contributed by atoms with Crippen molar-refractivity contribution in [3.63, 3.8) is 0 Å². The maximum absolute atomic E-state index is 12.5. The number of nitrogens with zero attached hydrogens (tertiary/aromatic N) is 3. The number of hydrogen-bond donors (Lipinski definition) is 2. The number of phenols is 1. The number of aromatic hydroxyl groups is 1. The van der Waals surface area contributed by atoms with Crippen LogP contribution < -0.4 is 19.9 Å². The van der Waals surface area contributed by atoms with Gasteiger partial charge in [-0.3, -0.25) is 0 Å². The van der Waals surface area contributed by atoms with E-state index in [2.05, 4.69) is 15.2 Å². The Bertz CT molecular complexity index is 1240. The summed E-state index contributed by atoms with van der Waals surface area (Å²) in [6, 6.07) is 10.3. The Morgan fingerprint density at radius 2 is 1.72 bits per heavy atom. The topological polar surface area (TPSA) is 111 Å². The first-order chi connectivity index (χ1) is 14.1. The molecule has 4 rings (SSSR count). The third-order valence-corrected chi connectivity index (χ3v) is 4.59. The summed E-state index contributed by atoms with van der Waals surface area (Å²) in [5.74, 6) is 1.60. The van der Waals surface area contributed by atoms with E-state index in [9.17, 15) is 9.90 Å². The van der Waals surface area contributed by atoms with Gasteiger partial charge >= 0.3 is 5.69 Å². The van der Waals surface area contributed by atoms with Gasteiger partial charge in [0.2, 0.25) is 0 Å². The molecule has 0 fully saturated rings. The van der Waals surface area contributed by atoms with Gasteiger partial charge in [-0.1, -0.05) is 0 Å². The first kappa shape index (κ1) is 18.4. The van der Waals surface area contributed by atoms with E-state index in [0.29, 0.717) is 39.6 Å². The van der Waals surface area contributed by atoms with E-state index in [1.165, 1.54) is 24.7 Å². The average Bonchev–Trinajstić information content (AvgIpc) is 3.13. The Balaban J connectivity index is 2.09. The number of hydrogen-bond acceptors (Lipinski definition) is 7. The SMILES string of the molecule is COc1ccc(-c2c(-c3c(O)cc(OC)cc3OC)cnc3n[nH]c(=O)n23)cc1. The van der Waals surface area contributed by atoms with Crippen LogP contribution in [0.5, 0.6) is 23.0 Å². The molecule has 4 aromatic rings. The molecule has 2 aromatic heterocycles. The molecule has 2 aromatic carbocycles. The molecule has 0 spiro atoms. The molecular formula is C20H18N4O5. The van der Waals surface area contributed by atoms with E-state index >= 15 is 0 Å². The van der Waals surface area contributed by atoms with Gasteiger partial charge in [0.15, 0.2) is 0 Å². The molecule has 0 radical (unpaired) electrons. The highest BCUT2D eigenvalue weighted by molar-refractivity contribution is 5.88. The Hall–Kier alpha value is -4.01. The molecule has 0 aliphatic rings. The maximum atomic E-state index is 12.5. The number of aromatic nitrogens is 4. The lowest BCUT2D eigenvalue weighted by atomic mass is 9.98. The van der Waals surface area contributed by atoms with Gasteiger partial charge in [0.1, 0.15) is 23.0 Å². The predicted molar refractivity (Wildman–Crippen MR) is 106 cm³/mol. The summed E-state index contributed by atoms with van der Waals surface area (Å²) in [6.45, 7) is 0. The van der Waals surface area contributed by atoms with Crippen LogP contribution in [0, 0.1) is 0 Å². The number of aromatic amines is 1. The normalized spacial score (nSPS) is 10.9. The molecule has 148 valence electrons. The summed E-state index contributed by atoms with van der Waals surface area (Å²) in [5, 5.41) is 17.1. The van der Waals surface area contributed by atoms with E-state index in [4.69, 9.17) is 14.2 Å². The van der Waals surface area contributed by atoms with Crippen molar-refractivity contribution in [3.05, 3.63) is 53.1 Å². The minimum atomic E-state index is -0.452. The van der Waals surface area contributed by atoms with Crippen LogP contribution in [-0.4, -0.2) is 46.0 Å². The second-order valence-corrected chi connectivity index (χ2v) is 6.14. The molecule has 0 saturated heterocycles. The predicted octanol–water partition coefficient (Wildman–Crippen LogP) is 2.48. The van der Waals surface area contributed by atoms with Crippen LogP contribution in [0.25, 0.3) is 28.2 Å². The van der Waals surface area contributed by atoms with Gasteiger partial charge in [0.05, 0.1) is 32.6 Å². The van der Waals surface area contributed by atoms with Gasteiger partial charge in [0, 0.05) is 23.9 Å². The number of ether oxygens (including phenoxy) is 3. The zero-order chi connectivity index (χ0) is 20.5. The lowest BCUT2D eigenvalue weighted by Crippen LogP contribution is -2.13. The molecule has 0 unspecified atom stereocenters. The minimum absolute atomic E-state index is 0.0753. The molecule has 29 heavy (non-hydrogen) atoms. The molecule has 2 N–H and O–H groups in total. The Kier molecular flexibility index (Phi) is 4.55. The minimum Gasteiger partial charge on any atom is -0.507 e. The molecular weight excluding hydrogens is 376 g/mol. The smallest absolute Gasteiger partial charge is 0.349 e. The van der Waals surface area contributed by atoms with E-state index in [-0.39, 0.29) is 11.5 Å². The fourth-order valence-electron chi connectivity index (χ4n) is 3.22. The Labute approximate surface area is 165 Å². The van der Waals surface area contributed by atoms with Gasteiger partial charge < -0.3 is 19.3 Å². The molecule has 0 aliphatic heterocycles. The molecule has 0 amide bonds. The van der Waals surface area contributed by atoms with Gasteiger partial charge in [-0.05, 0) is 29.8 Å². The van der Waals surface area contributed by atoms with Gasteiger partial charge in [0.25, 0.3) is 5.78 Å². The van der Waals surface area contributed by atoms with Crippen molar-refractivity contribution in [2.24, 2.45) is 0 Å². The van der Waals surface area contributed by atoms with Gasteiger partial charge in [-0.15, -0.1) is 5.10 Å². The summed E-state index contributed by atoms with van der Waals surface area (Å²) in [5.41, 5.74) is 1.61. The highest BCUT2D eigenvalue weighted by Crippen LogP contribution is 2.44. The van der Waals surface area contributed by atoms with Gasteiger partial charge in [-0.2, -0.15) is 0 Å². The number of phenolic OH excluding ortho intramolecular Hbond substituents is 1. The van der Waals surface area contributed by atoms with Crippen molar-refractivity contribution in [1.29, 1.82) is 0 Å². The van der Waals surface area contributed by atoms with Crippen molar-refractivity contribution >= 4 is 5.78 Å². The van der Waals surface area contributed by atoms with Crippen LogP contribution in [0.1, 0.15) is 0 Å². The highest BCUT2D eigenvalue weighted by atomic mass is 16.5. The quantitative estimate of drug-likeness (QED) is 0.535. The number of benzene rings is 2. The second kappa shape index (κ2) is 7.19. The third-order valence-electron chi connectivity index (χ3n) is 4.59. The zero-order valence-corrected chi connectivity index (χ0v) is 16.0. The summed E-state index contributed by atoms with van der Waals surface area (Å²) >= 11 is 0. The van der Waals surface area contributed by atoms with E-state index < -0.39 is 5.69 Å². The summed E-state index contributed by atoms with van der Waals surface area (Å²) < 4.78 is 17.3. The zero-order valence-electron chi connectivity index (χ0n) is 16.0. The first-order valence-electron chi connectivity index (χ1n) is 8.63. The van der Waals surface area contributed by atoms with Crippen LogP contribution in [0.3, 0.4) is 0 Å². The summed E-state index contributed by atoms with van der Waals surface area (Å²) in [7, 11) is 4.56. The monoisotopic (exact) mass is 394 g/mol. The number of fused-ring (bicyclic) bond motifs is 1. The van der Waals surface area contributed by atoms with Crippen molar-refractivity contribution in [2.45, 2.75) is 0 Å². The third kappa shape index (κ3) is 3.02. The molecule has 0 bridgehead atoms. The van der Waals surface area contributed by atoms with Crippen LogP contribution >= 0.6 is 0 Å².